The third-order valence-electron chi connectivity index (χ3n) is 3.28. The van der Waals surface area contributed by atoms with Gasteiger partial charge in [-0.3, -0.25) is 0 Å². The maximum Gasteiger partial charge on any atom is 0.0452 e. The van der Waals surface area contributed by atoms with E-state index in [1.54, 1.807) is 0 Å². The molecule has 0 aromatic heterocycles. The summed E-state index contributed by atoms with van der Waals surface area (Å²) in [6.07, 6.45) is 14.9. The smallest absolute Gasteiger partial charge is 0.0452 e. The largest absolute Gasteiger partial charge is 0.396 e. The molecule has 0 aromatic carbocycles. The van der Waals surface area contributed by atoms with E-state index in [2.05, 4.69) is 25.9 Å². The third-order valence-corrected chi connectivity index (χ3v) is 3.28. The average Bonchev–Trinajstić information content (AvgIpc) is 2.42. The van der Waals surface area contributed by atoms with Gasteiger partial charge in [-0.2, -0.15) is 0 Å². The monoisotopic (exact) mass is 289 g/mol. The molecule has 0 aromatic rings. The number of rotatable bonds is 13. The standard InChI is InChI=1S/C14H31N.C3H8O2/c1-4-5-6-7-8-9-10-11-12-13-14-15(2)3;4-2-1-3-5/h4-14H2,1-3H3;4-5H,1-3H2. The van der Waals surface area contributed by atoms with Crippen LogP contribution in [-0.4, -0.2) is 49.0 Å². The van der Waals surface area contributed by atoms with Crippen molar-refractivity contribution in [2.24, 2.45) is 0 Å². The van der Waals surface area contributed by atoms with Crippen LogP contribution >= 0.6 is 0 Å². The molecule has 0 heterocycles. The first-order chi connectivity index (χ1) is 9.68. The molecule has 0 aliphatic heterocycles. The fraction of sp³-hybridized carbons (Fsp3) is 1.00. The van der Waals surface area contributed by atoms with Crippen molar-refractivity contribution in [2.45, 2.75) is 77.6 Å². The average molecular weight is 290 g/mol. The summed E-state index contributed by atoms with van der Waals surface area (Å²) in [6.45, 7) is 3.73. The van der Waals surface area contributed by atoms with Crippen LogP contribution in [0.2, 0.25) is 0 Å². The van der Waals surface area contributed by atoms with Crippen molar-refractivity contribution in [1.29, 1.82) is 0 Å². The van der Waals surface area contributed by atoms with Crippen LogP contribution in [0.25, 0.3) is 0 Å². The number of hydrogen-bond acceptors (Lipinski definition) is 3. The Labute approximate surface area is 127 Å². The summed E-state index contributed by atoms with van der Waals surface area (Å²) in [5, 5.41) is 15.8. The van der Waals surface area contributed by atoms with E-state index in [9.17, 15) is 0 Å². The van der Waals surface area contributed by atoms with Gasteiger partial charge in [0.1, 0.15) is 0 Å². The van der Waals surface area contributed by atoms with Crippen molar-refractivity contribution >= 4 is 0 Å². The summed E-state index contributed by atoms with van der Waals surface area (Å²) in [7, 11) is 4.32. The number of nitrogens with zero attached hydrogens (tertiary/aromatic N) is 1. The topological polar surface area (TPSA) is 43.7 Å². The molecule has 0 aliphatic rings. The van der Waals surface area contributed by atoms with Crippen LogP contribution in [0.4, 0.5) is 0 Å². The molecule has 3 heteroatoms. The molecule has 0 saturated carbocycles. The molecule has 0 radical (unpaired) electrons. The van der Waals surface area contributed by atoms with Gasteiger partial charge in [-0.15, -0.1) is 0 Å². The molecule has 0 amide bonds. The van der Waals surface area contributed by atoms with Crippen LogP contribution < -0.4 is 0 Å². The van der Waals surface area contributed by atoms with Gasteiger partial charge in [0.15, 0.2) is 0 Å². The normalized spacial score (nSPS) is 10.5. The molecule has 0 bridgehead atoms. The minimum atomic E-state index is 0.0938. The Balaban J connectivity index is 0. The number of aliphatic hydroxyl groups is 2. The molecular formula is C17H39NO2. The summed E-state index contributed by atoms with van der Waals surface area (Å²) in [5.41, 5.74) is 0. The maximum atomic E-state index is 7.91. The first-order valence-corrected chi connectivity index (χ1v) is 8.55. The zero-order valence-corrected chi connectivity index (χ0v) is 14.2. The zero-order chi connectivity index (χ0) is 15.5. The van der Waals surface area contributed by atoms with Crippen molar-refractivity contribution in [3.05, 3.63) is 0 Å². The molecule has 0 aliphatic carbocycles. The maximum absolute atomic E-state index is 7.91. The zero-order valence-electron chi connectivity index (χ0n) is 14.2. The van der Waals surface area contributed by atoms with Crippen LogP contribution in [0.3, 0.4) is 0 Å². The Hall–Kier alpha value is -0.120. The van der Waals surface area contributed by atoms with Gasteiger partial charge in [-0.25, -0.2) is 0 Å². The summed E-state index contributed by atoms with van der Waals surface area (Å²) in [5.74, 6) is 0. The van der Waals surface area contributed by atoms with Gasteiger partial charge in [0.2, 0.25) is 0 Å². The highest BCUT2D eigenvalue weighted by Crippen LogP contribution is 2.10. The third kappa shape index (κ3) is 26.4. The van der Waals surface area contributed by atoms with Crippen molar-refractivity contribution < 1.29 is 10.2 Å². The number of unbranched alkanes of at least 4 members (excludes halogenated alkanes) is 9. The molecule has 0 unspecified atom stereocenters. The van der Waals surface area contributed by atoms with Crippen LogP contribution in [0.1, 0.15) is 77.6 Å². The lowest BCUT2D eigenvalue weighted by atomic mass is 10.1. The van der Waals surface area contributed by atoms with Crippen molar-refractivity contribution in [1.82, 2.24) is 4.90 Å². The Morgan fingerprint density at radius 1 is 0.600 bits per heavy atom. The van der Waals surface area contributed by atoms with E-state index in [1.165, 1.54) is 70.8 Å². The second kappa shape index (κ2) is 21.2. The van der Waals surface area contributed by atoms with Gasteiger partial charge in [0.25, 0.3) is 0 Å². The predicted octanol–water partition coefficient (Wildman–Crippen LogP) is 3.83. The molecule has 0 spiro atoms. The Morgan fingerprint density at radius 3 is 1.30 bits per heavy atom. The summed E-state index contributed by atoms with van der Waals surface area (Å²) < 4.78 is 0. The van der Waals surface area contributed by atoms with Crippen molar-refractivity contribution in [2.75, 3.05) is 33.9 Å². The van der Waals surface area contributed by atoms with E-state index in [0.29, 0.717) is 6.42 Å². The molecule has 0 atom stereocenters. The van der Waals surface area contributed by atoms with Gasteiger partial charge >= 0.3 is 0 Å². The molecule has 20 heavy (non-hydrogen) atoms. The first-order valence-electron chi connectivity index (χ1n) is 8.55. The van der Waals surface area contributed by atoms with Gasteiger partial charge in [-0.1, -0.05) is 64.7 Å². The van der Waals surface area contributed by atoms with E-state index in [0.717, 1.165) is 0 Å². The first kappa shape index (κ1) is 22.2. The van der Waals surface area contributed by atoms with E-state index in [4.69, 9.17) is 10.2 Å². The second-order valence-corrected chi connectivity index (χ2v) is 5.79. The fourth-order valence-corrected chi connectivity index (χ4v) is 1.99. The lowest BCUT2D eigenvalue weighted by molar-refractivity contribution is 0.221. The predicted molar refractivity (Wildman–Crippen MR) is 89.2 cm³/mol. The van der Waals surface area contributed by atoms with E-state index < -0.39 is 0 Å². The van der Waals surface area contributed by atoms with Gasteiger partial charge in [0.05, 0.1) is 0 Å². The molecule has 0 fully saturated rings. The van der Waals surface area contributed by atoms with Crippen molar-refractivity contribution in [3.63, 3.8) is 0 Å². The fourth-order valence-electron chi connectivity index (χ4n) is 1.99. The van der Waals surface area contributed by atoms with Crippen LogP contribution in [0.5, 0.6) is 0 Å². The minimum Gasteiger partial charge on any atom is -0.396 e. The molecule has 0 saturated heterocycles. The van der Waals surface area contributed by atoms with Crippen LogP contribution in [-0.2, 0) is 0 Å². The van der Waals surface area contributed by atoms with E-state index >= 15 is 0 Å². The molecular weight excluding hydrogens is 250 g/mol. The Bertz CT molecular complexity index is 150. The highest BCUT2D eigenvalue weighted by molar-refractivity contribution is 4.49. The Morgan fingerprint density at radius 2 is 1.00 bits per heavy atom. The lowest BCUT2D eigenvalue weighted by Gasteiger charge is -2.08. The molecule has 124 valence electrons. The van der Waals surface area contributed by atoms with E-state index in [-0.39, 0.29) is 13.2 Å². The SMILES string of the molecule is CCCCCCCCCCCCN(C)C.OCCCO. The quantitative estimate of drug-likeness (QED) is 0.506. The summed E-state index contributed by atoms with van der Waals surface area (Å²) >= 11 is 0. The summed E-state index contributed by atoms with van der Waals surface area (Å²) in [6, 6.07) is 0. The van der Waals surface area contributed by atoms with Gasteiger partial charge in [-0.05, 0) is 33.5 Å². The van der Waals surface area contributed by atoms with Crippen LogP contribution in [0, 0.1) is 0 Å². The van der Waals surface area contributed by atoms with E-state index in [1.807, 2.05) is 0 Å². The molecule has 2 N–H and O–H groups in total. The van der Waals surface area contributed by atoms with Crippen molar-refractivity contribution in [3.8, 4) is 0 Å². The number of hydrogen-bond donors (Lipinski definition) is 2. The number of aliphatic hydroxyl groups excluding tert-OH is 2. The highest BCUT2D eigenvalue weighted by Gasteiger charge is 1.93. The van der Waals surface area contributed by atoms with Gasteiger partial charge < -0.3 is 15.1 Å². The minimum absolute atomic E-state index is 0.0938. The van der Waals surface area contributed by atoms with Crippen LogP contribution in [0.15, 0.2) is 0 Å². The molecule has 0 rings (SSSR count). The summed E-state index contributed by atoms with van der Waals surface area (Å²) in [4.78, 5) is 2.28. The van der Waals surface area contributed by atoms with Gasteiger partial charge in [0, 0.05) is 13.2 Å². The Kier molecular flexibility index (Phi) is 23.5. The lowest BCUT2D eigenvalue weighted by Crippen LogP contribution is -2.12. The second-order valence-electron chi connectivity index (χ2n) is 5.79. The molecule has 3 nitrogen and oxygen atoms in total. The highest BCUT2D eigenvalue weighted by atomic mass is 16.3.